The predicted octanol–water partition coefficient (Wildman–Crippen LogP) is 4.27. The lowest BCUT2D eigenvalue weighted by Crippen LogP contribution is -2.27. The summed E-state index contributed by atoms with van der Waals surface area (Å²) >= 11 is 0. The maximum atomic E-state index is 14.9. The van der Waals surface area contributed by atoms with Gasteiger partial charge >= 0.3 is 5.97 Å². The molecule has 9 heteroatoms. The van der Waals surface area contributed by atoms with E-state index in [2.05, 4.69) is 5.32 Å². The van der Waals surface area contributed by atoms with Crippen LogP contribution in [0.3, 0.4) is 0 Å². The first-order valence-electron chi connectivity index (χ1n) is 11.6. The fourth-order valence-electron chi connectivity index (χ4n) is 3.45. The van der Waals surface area contributed by atoms with E-state index in [9.17, 15) is 33.4 Å². The smallest absolute Gasteiger partial charge is 0.336 e. The van der Waals surface area contributed by atoms with Gasteiger partial charge in [-0.25, -0.2) is 13.6 Å². The van der Waals surface area contributed by atoms with Crippen LogP contribution in [0.2, 0.25) is 0 Å². The van der Waals surface area contributed by atoms with Crippen molar-refractivity contribution in [1.82, 2.24) is 5.32 Å². The molecule has 4 rings (SSSR count). The summed E-state index contributed by atoms with van der Waals surface area (Å²) in [4.78, 5) is 36.6. The molecule has 0 aromatic heterocycles. The molecule has 2 aromatic rings. The van der Waals surface area contributed by atoms with E-state index in [1.165, 1.54) is 0 Å². The van der Waals surface area contributed by atoms with Gasteiger partial charge in [-0.05, 0) is 23.7 Å². The molecular weight excluding hydrogens is 436 g/mol. The number of benzene rings is 3. The first kappa shape index (κ1) is 17.3. The Balaban J connectivity index is 2.27. The van der Waals surface area contributed by atoms with Gasteiger partial charge in [0.1, 0.15) is 11.3 Å². The lowest BCUT2D eigenvalue weighted by Gasteiger charge is -2.19. The normalized spacial score (nSPS) is 12.8. The number of rotatable bonds is 5. The molecule has 0 saturated heterocycles. The van der Waals surface area contributed by atoms with E-state index < -0.39 is 76.5 Å². The Labute approximate surface area is 190 Å². The molecule has 2 aromatic carbocycles. The van der Waals surface area contributed by atoms with Crippen molar-refractivity contribution in [3.05, 3.63) is 75.4 Å². The van der Waals surface area contributed by atoms with Crippen molar-refractivity contribution >= 4 is 22.8 Å². The lowest BCUT2D eigenvalue weighted by atomic mass is 9.89. The van der Waals surface area contributed by atoms with Gasteiger partial charge < -0.3 is 19.9 Å². The van der Waals surface area contributed by atoms with Crippen molar-refractivity contribution < 1.29 is 38.5 Å². The summed E-state index contributed by atoms with van der Waals surface area (Å²) in [7, 11) is 0. The quantitative estimate of drug-likeness (QED) is 0.385. The molecule has 1 heterocycles. The number of hydrogen-bond donors (Lipinski definition) is 3. The topological polar surface area (TPSA) is 117 Å². The van der Waals surface area contributed by atoms with Crippen molar-refractivity contribution in [3.8, 4) is 28.2 Å². The van der Waals surface area contributed by atoms with Crippen LogP contribution in [0.15, 0.2) is 51.6 Å². The van der Waals surface area contributed by atoms with Crippen molar-refractivity contribution in [2.45, 2.75) is 19.9 Å². The third kappa shape index (κ3) is 3.78. The highest BCUT2D eigenvalue weighted by atomic mass is 19.1. The number of fused-ring (bicyclic) bond motifs is 2. The minimum Gasteiger partial charge on any atom is -0.505 e. The maximum Gasteiger partial charge on any atom is 0.336 e. The molecule has 2 aliphatic rings. The zero-order valence-electron chi connectivity index (χ0n) is 20.9. The van der Waals surface area contributed by atoms with Crippen LogP contribution in [0, 0.1) is 11.6 Å². The van der Waals surface area contributed by atoms with Crippen LogP contribution in [0.25, 0.3) is 33.4 Å². The van der Waals surface area contributed by atoms with Crippen molar-refractivity contribution in [3.63, 3.8) is 0 Å². The standard InChI is InChI=1S/C24H17F2NO6/c1-2-20(29)27-10-15-22(30)17(26)8-14-21(11-5-3-4-6-12(11)24(31)32)13-7-16(25)18(28)9-19(13)33-23(14)15/h3-9,28H,2,10H2,1H3,(H,27,29)(H,31,32)/i3D,4D,5D,6D. The van der Waals surface area contributed by atoms with E-state index in [4.69, 9.17) is 9.90 Å². The molecular formula is C24H17F2NO6. The van der Waals surface area contributed by atoms with Crippen LogP contribution in [0.5, 0.6) is 5.75 Å². The zero-order chi connectivity index (χ0) is 27.3. The average molecular weight is 457 g/mol. The summed E-state index contributed by atoms with van der Waals surface area (Å²) in [5.74, 6) is -5.98. The number of aromatic carboxylic acids is 1. The molecule has 0 atom stereocenters. The SMILES string of the molecule is [2H]c1c([2H])c([2H])c(-c2c3cc(F)c(=O)c(CNC(=O)CC)c-3oc3cc(O)c(F)cc23)c(C(=O)O)c1[2H]. The highest BCUT2D eigenvalue weighted by molar-refractivity contribution is 6.07. The number of carboxylic acid groups (broad SMARTS) is 1. The first-order valence-corrected chi connectivity index (χ1v) is 9.60. The number of aromatic hydroxyl groups is 1. The van der Waals surface area contributed by atoms with E-state index >= 15 is 0 Å². The summed E-state index contributed by atoms with van der Waals surface area (Å²) in [5, 5.41) is 21.9. The number of hydrogen-bond acceptors (Lipinski definition) is 5. The Morgan fingerprint density at radius 1 is 1.12 bits per heavy atom. The molecule has 0 saturated carbocycles. The molecule has 1 aliphatic carbocycles. The number of nitrogens with one attached hydrogen (secondary N) is 1. The summed E-state index contributed by atoms with van der Waals surface area (Å²) < 4.78 is 67.5. The highest BCUT2D eigenvalue weighted by Gasteiger charge is 2.27. The Hall–Kier alpha value is -4.27. The third-order valence-electron chi connectivity index (χ3n) is 5.02. The van der Waals surface area contributed by atoms with Gasteiger partial charge in [-0.15, -0.1) is 0 Å². The molecule has 0 unspecified atom stereocenters. The van der Waals surface area contributed by atoms with E-state index in [1.54, 1.807) is 6.92 Å². The molecule has 0 spiro atoms. The minimum absolute atomic E-state index is 0.0438. The van der Waals surface area contributed by atoms with Crippen molar-refractivity contribution in [1.29, 1.82) is 0 Å². The Bertz CT molecular complexity index is 1670. The Kier molecular flexibility index (Phi) is 4.38. The maximum absolute atomic E-state index is 14.9. The van der Waals surface area contributed by atoms with Crippen molar-refractivity contribution in [2.24, 2.45) is 0 Å². The van der Waals surface area contributed by atoms with Crippen LogP contribution in [0.4, 0.5) is 8.78 Å². The van der Waals surface area contributed by atoms with Crippen LogP contribution in [-0.2, 0) is 11.3 Å². The molecule has 3 N–H and O–H groups in total. The average Bonchev–Trinajstić information content (AvgIpc) is 2.85. The molecule has 0 bridgehead atoms. The second-order valence-electron chi connectivity index (χ2n) is 7.01. The second-order valence-corrected chi connectivity index (χ2v) is 7.01. The summed E-state index contributed by atoms with van der Waals surface area (Å²) in [6, 6.07) is -1.17. The van der Waals surface area contributed by atoms with E-state index in [0.29, 0.717) is 6.07 Å². The highest BCUT2D eigenvalue weighted by Crippen LogP contribution is 2.43. The van der Waals surface area contributed by atoms with Gasteiger partial charge in [-0.2, -0.15) is 0 Å². The number of carboxylic acids is 1. The molecule has 0 radical (unpaired) electrons. The van der Waals surface area contributed by atoms with E-state index in [-0.39, 0.29) is 39.8 Å². The van der Waals surface area contributed by atoms with E-state index in [1.807, 2.05) is 0 Å². The predicted molar refractivity (Wildman–Crippen MR) is 115 cm³/mol. The first-order chi connectivity index (χ1) is 17.4. The molecule has 168 valence electrons. The Morgan fingerprint density at radius 3 is 2.55 bits per heavy atom. The van der Waals surface area contributed by atoms with Gasteiger partial charge in [0.15, 0.2) is 17.4 Å². The Morgan fingerprint density at radius 2 is 1.85 bits per heavy atom. The van der Waals surface area contributed by atoms with Gasteiger partial charge in [0.2, 0.25) is 11.3 Å². The van der Waals surface area contributed by atoms with Crippen LogP contribution in [0.1, 0.15) is 34.7 Å². The van der Waals surface area contributed by atoms with Crippen LogP contribution in [-0.4, -0.2) is 22.1 Å². The molecule has 1 aliphatic heterocycles. The number of carbonyl (C=O) groups excluding carboxylic acids is 1. The number of halogens is 2. The second kappa shape index (κ2) is 8.34. The zero-order valence-corrected chi connectivity index (χ0v) is 16.9. The number of carbonyl (C=O) groups is 2. The fraction of sp³-hybridized carbons (Fsp3) is 0.125. The van der Waals surface area contributed by atoms with Crippen molar-refractivity contribution in [2.75, 3.05) is 0 Å². The number of phenols is 1. The number of phenolic OH excluding ortho intramolecular Hbond substituents is 1. The van der Waals surface area contributed by atoms with Crippen LogP contribution >= 0.6 is 0 Å². The fourth-order valence-corrected chi connectivity index (χ4v) is 3.45. The summed E-state index contributed by atoms with van der Waals surface area (Å²) in [6.45, 7) is 1.04. The monoisotopic (exact) mass is 457 g/mol. The summed E-state index contributed by atoms with van der Waals surface area (Å²) in [5.41, 5.74) is -4.04. The summed E-state index contributed by atoms with van der Waals surface area (Å²) in [6.07, 6.45) is 0.0438. The molecule has 33 heavy (non-hydrogen) atoms. The van der Waals surface area contributed by atoms with Gasteiger partial charge in [-0.3, -0.25) is 9.59 Å². The lowest BCUT2D eigenvalue weighted by molar-refractivity contribution is -0.120. The van der Waals surface area contributed by atoms with Gasteiger partial charge in [0, 0.05) is 29.0 Å². The molecule has 7 nitrogen and oxygen atoms in total. The third-order valence-corrected chi connectivity index (χ3v) is 5.02. The molecule has 0 fully saturated rings. The minimum atomic E-state index is -1.75. The van der Waals surface area contributed by atoms with Gasteiger partial charge in [0.25, 0.3) is 0 Å². The molecule has 1 amide bonds. The van der Waals surface area contributed by atoms with Crippen LogP contribution < -0.4 is 10.7 Å². The van der Waals surface area contributed by atoms with Gasteiger partial charge in [0.05, 0.1) is 23.2 Å². The largest absolute Gasteiger partial charge is 0.505 e. The number of amides is 1. The van der Waals surface area contributed by atoms with Gasteiger partial charge in [-0.1, -0.05) is 25.1 Å². The van der Waals surface area contributed by atoms with E-state index in [0.717, 1.165) is 12.1 Å².